The number of anilines is 1. The van der Waals surface area contributed by atoms with E-state index < -0.39 is 21.3 Å². The Morgan fingerprint density at radius 2 is 1.75 bits per heavy atom. The second-order valence-corrected chi connectivity index (χ2v) is 8.14. The standard InChI is InChI=1S/C16H14Cl3NO3S/c1-10-5-3-4-6-14(10)20(11(2)16(19)21)24(22,23)15-9-12(17)7-8-13(15)18/h3-9,11H,1-2H3. The van der Waals surface area contributed by atoms with Crippen LogP contribution in [0.4, 0.5) is 5.69 Å². The third kappa shape index (κ3) is 3.70. The monoisotopic (exact) mass is 405 g/mol. The molecule has 4 nitrogen and oxygen atoms in total. The molecule has 0 aromatic heterocycles. The Balaban J connectivity index is 2.73. The highest BCUT2D eigenvalue weighted by atomic mass is 35.5. The summed E-state index contributed by atoms with van der Waals surface area (Å²) in [6.07, 6.45) is 0. The molecule has 0 saturated heterocycles. The second-order valence-electron chi connectivity index (χ2n) is 5.14. The lowest BCUT2D eigenvalue weighted by molar-refractivity contribution is -0.112. The average Bonchev–Trinajstić information content (AvgIpc) is 2.51. The second kappa shape index (κ2) is 7.31. The van der Waals surface area contributed by atoms with E-state index >= 15 is 0 Å². The maximum atomic E-state index is 13.2. The van der Waals surface area contributed by atoms with Crippen molar-refractivity contribution in [3.05, 3.63) is 58.1 Å². The van der Waals surface area contributed by atoms with Crippen LogP contribution in [0.3, 0.4) is 0 Å². The van der Waals surface area contributed by atoms with Crippen LogP contribution in [0.2, 0.25) is 10.0 Å². The Morgan fingerprint density at radius 1 is 1.12 bits per heavy atom. The van der Waals surface area contributed by atoms with Crippen molar-refractivity contribution in [1.82, 2.24) is 0 Å². The van der Waals surface area contributed by atoms with Crippen molar-refractivity contribution in [3.63, 3.8) is 0 Å². The number of carbonyl (C=O) groups excluding carboxylic acids is 1. The molecule has 128 valence electrons. The molecule has 0 aliphatic rings. The molecule has 0 aliphatic carbocycles. The molecular formula is C16H14Cl3NO3S. The van der Waals surface area contributed by atoms with Crippen molar-refractivity contribution in [2.24, 2.45) is 0 Å². The van der Waals surface area contributed by atoms with Gasteiger partial charge in [-0.05, 0) is 55.3 Å². The van der Waals surface area contributed by atoms with Crippen molar-refractivity contribution in [2.75, 3.05) is 4.31 Å². The average molecular weight is 407 g/mol. The van der Waals surface area contributed by atoms with Crippen LogP contribution in [0, 0.1) is 6.92 Å². The Labute approximate surface area is 156 Å². The van der Waals surface area contributed by atoms with Crippen molar-refractivity contribution < 1.29 is 13.2 Å². The smallest absolute Gasteiger partial charge is 0.266 e. The van der Waals surface area contributed by atoms with Gasteiger partial charge in [0.15, 0.2) is 0 Å². The van der Waals surface area contributed by atoms with Crippen LogP contribution in [0.1, 0.15) is 12.5 Å². The fraction of sp³-hybridized carbons (Fsp3) is 0.188. The molecule has 1 atom stereocenters. The maximum Gasteiger partial charge on any atom is 0.266 e. The normalized spacial score (nSPS) is 12.7. The first-order chi connectivity index (χ1) is 11.2. The van der Waals surface area contributed by atoms with E-state index in [9.17, 15) is 13.2 Å². The Bertz CT molecular complexity index is 884. The first-order valence-corrected chi connectivity index (χ1v) is 9.48. The molecule has 0 amide bonds. The number of carbonyl (C=O) groups is 1. The molecular weight excluding hydrogens is 393 g/mol. The molecule has 2 aromatic carbocycles. The summed E-state index contributed by atoms with van der Waals surface area (Å²) in [5.41, 5.74) is 1.01. The van der Waals surface area contributed by atoms with Crippen LogP contribution < -0.4 is 4.31 Å². The summed E-state index contributed by atoms with van der Waals surface area (Å²) in [4.78, 5) is 11.5. The zero-order chi connectivity index (χ0) is 18.1. The van der Waals surface area contributed by atoms with E-state index in [-0.39, 0.29) is 14.9 Å². The fourth-order valence-electron chi connectivity index (χ4n) is 2.23. The zero-order valence-electron chi connectivity index (χ0n) is 12.8. The summed E-state index contributed by atoms with van der Waals surface area (Å²) in [6.45, 7) is 3.15. The van der Waals surface area contributed by atoms with Gasteiger partial charge in [-0.25, -0.2) is 8.42 Å². The predicted octanol–water partition coefficient (Wildman–Crippen LogP) is 4.65. The highest BCUT2D eigenvalue weighted by Crippen LogP contribution is 2.33. The van der Waals surface area contributed by atoms with Gasteiger partial charge in [0.05, 0.1) is 10.7 Å². The van der Waals surface area contributed by atoms with Crippen LogP contribution >= 0.6 is 34.8 Å². The van der Waals surface area contributed by atoms with Crippen LogP contribution in [0.25, 0.3) is 0 Å². The van der Waals surface area contributed by atoms with Crippen molar-refractivity contribution in [2.45, 2.75) is 24.8 Å². The van der Waals surface area contributed by atoms with Gasteiger partial charge in [0.2, 0.25) is 5.24 Å². The van der Waals surface area contributed by atoms with Crippen LogP contribution in [-0.2, 0) is 14.8 Å². The molecule has 2 rings (SSSR count). The van der Waals surface area contributed by atoms with E-state index in [1.807, 2.05) is 0 Å². The molecule has 1 unspecified atom stereocenters. The van der Waals surface area contributed by atoms with Gasteiger partial charge in [0.1, 0.15) is 10.9 Å². The SMILES string of the molecule is Cc1ccccc1N(C(C)C(=O)Cl)S(=O)(=O)c1cc(Cl)ccc1Cl. The van der Waals surface area contributed by atoms with E-state index in [4.69, 9.17) is 34.8 Å². The highest BCUT2D eigenvalue weighted by Gasteiger charge is 2.34. The molecule has 0 aliphatic heterocycles. The number of para-hydroxylation sites is 1. The molecule has 0 heterocycles. The number of sulfonamides is 1. The summed E-state index contributed by atoms with van der Waals surface area (Å²) in [7, 11) is -4.16. The third-order valence-electron chi connectivity index (χ3n) is 3.46. The van der Waals surface area contributed by atoms with Gasteiger partial charge in [-0.3, -0.25) is 9.10 Å². The van der Waals surface area contributed by atoms with Gasteiger partial charge in [0.25, 0.3) is 10.0 Å². The molecule has 2 aromatic rings. The number of nitrogens with zero attached hydrogens (tertiary/aromatic N) is 1. The Hall–Kier alpha value is -1.27. The number of halogens is 3. The van der Waals surface area contributed by atoms with Crippen LogP contribution in [-0.4, -0.2) is 19.7 Å². The van der Waals surface area contributed by atoms with E-state index in [1.54, 1.807) is 31.2 Å². The van der Waals surface area contributed by atoms with Gasteiger partial charge in [-0.2, -0.15) is 0 Å². The highest BCUT2D eigenvalue weighted by molar-refractivity contribution is 7.93. The van der Waals surface area contributed by atoms with Gasteiger partial charge in [-0.1, -0.05) is 41.4 Å². The number of hydrogen-bond acceptors (Lipinski definition) is 3. The Kier molecular flexibility index (Phi) is 5.81. The molecule has 0 N–H and O–H groups in total. The van der Waals surface area contributed by atoms with Gasteiger partial charge < -0.3 is 0 Å². The van der Waals surface area contributed by atoms with E-state index in [2.05, 4.69) is 0 Å². The molecule has 24 heavy (non-hydrogen) atoms. The molecule has 0 radical (unpaired) electrons. The number of benzene rings is 2. The fourth-order valence-corrected chi connectivity index (χ4v) is 4.81. The van der Waals surface area contributed by atoms with Crippen LogP contribution in [0.15, 0.2) is 47.4 Å². The van der Waals surface area contributed by atoms with Crippen molar-refractivity contribution in [1.29, 1.82) is 0 Å². The quantitative estimate of drug-likeness (QED) is 0.679. The van der Waals surface area contributed by atoms with Gasteiger partial charge >= 0.3 is 0 Å². The lowest BCUT2D eigenvalue weighted by Gasteiger charge is -2.30. The molecule has 0 fully saturated rings. The van der Waals surface area contributed by atoms with Crippen molar-refractivity contribution in [3.8, 4) is 0 Å². The minimum atomic E-state index is -4.16. The first-order valence-electron chi connectivity index (χ1n) is 6.90. The Morgan fingerprint density at radius 3 is 2.33 bits per heavy atom. The topological polar surface area (TPSA) is 54.5 Å². The van der Waals surface area contributed by atoms with Gasteiger partial charge in [0, 0.05) is 5.02 Å². The number of hydrogen-bond donors (Lipinski definition) is 0. The number of aryl methyl sites for hydroxylation is 1. The van der Waals surface area contributed by atoms with E-state index in [0.717, 1.165) is 4.31 Å². The minimum absolute atomic E-state index is 0.00667. The molecule has 8 heteroatoms. The summed E-state index contributed by atoms with van der Waals surface area (Å²) in [6, 6.07) is 9.78. The van der Waals surface area contributed by atoms with E-state index in [1.165, 1.54) is 25.1 Å². The lowest BCUT2D eigenvalue weighted by atomic mass is 10.2. The zero-order valence-corrected chi connectivity index (χ0v) is 15.9. The lowest BCUT2D eigenvalue weighted by Crippen LogP contribution is -2.42. The maximum absolute atomic E-state index is 13.2. The third-order valence-corrected chi connectivity index (χ3v) is 6.38. The summed E-state index contributed by atoms with van der Waals surface area (Å²) < 4.78 is 27.3. The largest absolute Gasteiger partial charge is 0.279 e. The summed E-state index contributed by atoms with van der Waals surface area (Å²) >= 11 is 17.6. The van der Waals surface area contributed by atoms with Crippen molar-refractivity contribution >= 4 is 55.8 Å². The molecule has 0 bridgehead atoms. The molecule has 0 saturated carbocycles. The van der Waals surface area contributed by atoms with Gasteiger partial charge in [-0.15, -0.1) is 0 Å². The minimum Gasteiger partial charge on any atom is -0.279 e. The number of rotatable bonds is 5. The van der Waals surface area contributed by atoms with Crippen LogP contribution in [0.5, 0.6) is 0 Å². The summed E-state index contributed by atoms with van der Waals surface area (Å²) in [5, 5.41) is -0.584. The predicted molar refractivity (Wildman–Crippen MR) is 97.6 cm³/mol. The first kappa shape index (κ1) is 19.1. The molecule has 0 spiro atoms. The summed E-state index contributed by atoms with van der Waals surface area (Å²) in [5.74, 6) is 0. The van der Waals surface area contributed by atoms with E-state index in [0.29, 0.717) is 11.3 Å².